The van der Waals surface area contributed by atoms with Crippen LogP contribution in [0.5, 0.6) is 0 Å². The third-order valence-electron chi connectivity index (χ3n) is 4.80. The SMILES string of the molecule is Cc1ccc(F)cc1NC(=O)COC(=O)[C@]12CCC(=O)N1c1ccccc1S2. The first kappa shape index (κ1) is 18.5. The minimum absolute atomic E-state index is 0.144. The van der Waals surface area contributed by atoms with Gasteiger partial charge in [-0.3, -0.25) is 14.5 Å². The summed E-state index contributed by atoms with van der Waals surface area (Å²) in [6.07, 6.45) is 0.555. The van der Waals surface area contributed by atoms with Gasteiger partial charge in [-0.15, -0.1) is 0 Å². The van der Waals surface area contributed by atoms with Gasteiger partial charge in [-0.25, -0.2) is 9.18 Å². The average molecular weight is 400 g/mol. The number of benzene rings is 2. The Bertz CT molecular complexity index is 996. The predicted molar refractivity (Wildman–Crippen MR) is 102 cm³/mol. The van der Waals surface area contributed by atoms with Crippen LogP contribution in [-0.2, 0) is 19.1 Å². The lowest BCUT2D eigenvalue weighted by molar-refractivity contribution is -0.149. The molecule has 144 valence electrons. The van der Waals surface area contributed by atoms with Crippen molar-refractivity contribution in [3.05, 3.63) is 53.8 Å². The number of para-hydroxylation sites is 1. The Labute approximate surface area is 165 Å². The first-order valence-corrected chi connectivity index (χ1v) is 9.57. The van der Waals surface area contributed by atoms with E-state index < -0.39 is 29.2 Å². The summed E-state index contributed by atoms with van der Waals surface area (Å²) in [5.74, 6) is -1.83. The number of halogens is 1. The molecule has 1 saturated heterocycles. The molecule has 0 aliphatic carbocycles. The van der Waals surface area contributed by atoms with Crippen LogP contribution in [0.4, 0.5) is 15.8 Å². The molecule has 4 rings (SSSR count). The summed E-state index contributed by atoms with van der Waals surface area (Å²) in [5.41, 5.74) is 1.69. The number of amides is 2. The summed E-state index contributed by atoms with van der Waals surface area (Å²) in [6, 6.07) is 11.3. The highest BCUT2D eigenvalue weighted by Crippen LogP contribution is 2.56. The van der Waals surface area contributed by atoms with Crippen LogP contribution in [0.1, 0.15) is 18.4 Å². The number of nitrogens with zero attached hydrogens (tertiary/aromatic N) is 1. The number of nitrogens with one attached hydrogen (secondary N) is 1. The van der Waals surface area contributed by atoms with Crippen LogP contribution in [0, 0.1) is 12.7 Å². The second kappa shape index (κ2) is 6.94. The van der Waals surface area contributed by atoms with Crippen LogP contribution >= 0.6 is 11.8 Å². The van der Waals surface area contributed by atoms with Crippen molar-refractivity contribution in [2.45, 2.75) is 29.5 Å². The zero-order valence-corrected chi connectivity index (χ0v) is 15.8. The van der Waals surface area contributed by atoms with Gasteiger partial charge in [-0.2, -0.15) is 0 Å². The molecule has 0 saturated carbocycles. The van der Waals surface area contributed by atoms with E-state index in [4.69, 9.17) is 4.74 Å². The Kier molecular flexibility index (Phi) is 4.58. The fraction of sp³-hybridized carbons (Fsp3) is 0.250. The summed E-state index contributed by atoms with van der Waals surface area (Å²) in [7, 11) is 0. The van der Waals surface area contributed by atoms with Crippen LogP contribution in [0.15, 0.2) is 47.4 Å². The molecule has 2 aliphatic rings. The topological polar surface area (TPSA) is 75.7 Å². The smallest absolute Gasteiger partial charge is 0.344 e. The highest BCUT2D eigenvalue weighted by atomic mass is 32.2. The number of carbonyl (C=O) groups is 3. The molecule has 2 amide bonds. The maximum atomic E-state index is 13.4. The van der Waals surface area contributed by atoms with Gasteiger partial charge in [-0.05, 0) is 36.8 Å². The van der Waals surface area contributed by atoms with Gasteiger partial charge >= 0.3 is 5.97 Å². The third-order valence-corrected chi connectivity index (χ3v) is 6.26. The summed E-state index contributed by atoms with van der Waals surface area (Å²) >= 11 is 1.28. The van der Waals surface area contributed by atoms with Crippen molar-refractivity contribution in [3.8, 4) is 0 Å². The first-order chi connectivity index (χ1) is 13.4. The molecule has 8 heteroatoms. The monoisotopic (exact) mass is 400 g/mol. The van der Waals surface area contributed by atoms with E-state index in [1.54, 1.807) is 25.1 Å². The lowest BCUT2D eigenvalue weighted by Crippen LogP contribution is -2.48. The molecule has 0 unspecified atom stereocenters. The van der Waals surface area contributed by atoms with Gasteiger partial charge in [0.25, 0.3) is 5.91 Å². The van der Waals surface area contributed by atoms with Gasteiger partial charge < -0.3 is 10.1 Å². The molecular weight excluding hydrogens is 383 g/mol. The molecule has 28 heavy (non-hydrogen) atoms. The first-order valence-electron chi connectivity index (χ1n) is 8.75. The van der Waals surface area contributed by atoms with Crippen LogP contribution in [0.3, 0.4) is 0 Å². The van der Waals surface area contributed by atoms with Gasteiger partial charge in [0.1, 0.15) is 5.82 Å². The van der Waals surface area contributed by atoms with E-state index in [1.807, 2.05) is 12.1 Å². The molecule has 2 aromatic carbocycles. The molecule has 0 spiro atoms. The maximum absolute atomic E-state index is 13.4. The van der Waals surface area contributed by atoms with E-state index in [2.05, 4.69) is 5.32 Å². The minimum Gasteiger partial charge on any atom is -0.453 e. The number of rotatable bonds is 4. The van der Waals surface area contributed by atoms with Crippen molar-refractivity contribution in [1.29, 1.82) is 0 Å². The highest BCUT2D eigenvalue weighted by Gasteiger charge is 2.58. The van der Waals surface area contributed by atoms with Crippen LogP contribution in [-0.4, -0.2) is 29.3 Å². The maximum Gasteiger partial charge on any atom is 0.344 e. The largest absolute Gasteiger partial charge is 0.453 e. The highest BCUT2D eigenvalue weighted by molar-refractivity contribution is 8.02. The van der Waals surface area contributed by atoms with Gasteiger partial charge in [0.15, 0.2) is 11.5 Å². The molecule has 6 nitrogen and oxygen atoms in total. The van der Waals surface area contributed by atoms with Crippen LogP contribution in [0.2, 0.25) is 0 Å². The van der Waals surface area contributed by atoms with E-state index in [0.717, 1.165) is 4.90 Å². The van der Waals surface area contributed by atoms with Crippen molar-refractivity contribution in [2.75, 3.05) is 16.8 Å². The molecule has 2 heterocycles. The van der Waals surface area contributed by atoms with E-state index in [-0.39, 0.29) is 12.3 Å². The van der Waals surface area contributed by atoms with E-state index in [1.165, 1.54) is 28.8 Å². The summed E-state index contributed by atoms with van der Waals surface area (Å²) in [5, 5.41) is 2.54. The van der Waals surface area contributed by atoms with Crippen LogP contribution in [0.25, 0.3) is 0 Å². The average Bonchev–Trinajstić information content (AvgIpc) is 3.18. The van der Waals surface area contributed by atoms with Crippen molar-refractivity contribution in [2.24, 2.45) is 0 Å². The molecule has 0 aromatic heterocycles. The number of ether oxygens (including phenoxy) is 1. The lowest BCUT2D eigenvalue weighted by Gasteiger charge is -2.28. The zero-order chi connectivity index (χ0) is 19.9. The van der Waals surface area contributed by atoms with E-state index in [9.17, 15) is 18.8 Å². The number of hydrogen-bond acceptors (Lipinski definition) is 5. The Morgan fingerprint density at radius 3 is 2.89 bits per heavy atom. The molecule has 2 aliphatic heterocycles. The normalized spacial score (nSPS) is 19.9. The van der Waals surface area contributed by atoms with Gasteiger partial charge in [0, 0.05) is 23.4 Å². The summed E-state index contributed by atoms with van der Waals surface area (Å²) in [6.45, 7) is 1.21. The zero-order valence-electron chi connectivity index (χ0n) is 15.0. The number of anilines is 2. The number of aryl methyl sites for hydroxylation is 1. The number of hydrogen-bond donors (Lipinski definition) is 1. The molecule has 1 N–H and O–H groups in total. The number of carbonyl (C=O) groups excluding carboxylic acids is 3. The Morgan fingerprint density at radius 2 is 2.07 bits per heavy atom. The van der Waals surface area contributed by atoms with Crippen molar-refractivity contribution in [1.82, 2.24) is 0 Å². The Hall–Kier alpha value is -2.87. The standard InChI is InChI=1S/C20H17FN2O4S/c1-12-6-7-13(21)10-14(12)22-17(24)11-27-19(26)20-9-8-18(25)23(20)15-4-2-3-5-16(15)28-20/h2-7,10H,8-9,11H2,1H3,(H,22,24)/t20-/m1/s1. The molecule has 2 aromatic rings. The second-order valence-corrected chi connectivity index (χ2v) is 7.99. The Morgan fingerprint density at radius 1 is 1.29 bits per heavy atom. The van der Waals surface area contributed by atoms with Crippen molar-refractivity contribution < 1.29 is 23.5 Å². The molecule has 1 atom stereocenters. The minimum atomic E-state index is -1.17. The fourth-order valence-corrected chi connectivity index (χ4v) is 4.84. The Balaban J connectivity index is 1.46. The third kappa shape index (κ3) is 3.03. The summed E-state index contributed by atoms with van der Waals surface area (Å²) in [4.78, 5) is 38.5. The quantitative estimate of drug-likeness (QED) is 0.798. The molecule has 0 bridgehead atoms. The van der Waals surface area contributed by atoms with Crippen molar-refractivity contribution >= 4 is 40.9 Å². The predicted octanol–water partition coefficient (Wildman–Crippen LogP) is 3.24. The summed E-state index contributed by atoms with van der Waals surface area (Å²) < 4.78 is 18.6. The second-order valence-electron chi connectivity index (χ2n) is 6.67. The number of fused-ring (bicyclic) bond motifs is 3. The lowest BCUT2D eigenvalue weighted by atomic mass is 10.2. The fourth-order valence-electron chi connectivity index (χ4n) is 3.43. The van der Waals surface area contributed by atoms with Crippen LogP contribution < -0.4 is 10.2 Å². The number of thioether (sulfide) groups is 1. The van der Waals surface area contributed by atoms with Gasteiger partial charge in [0.05, 0.1) is 5.69 Å². The molecule has 1 fully saturated rings. The number of esters is 1. The van der Waals surface area contributed by atoms with E-state index in [0.29, 0.717) is 23.4 Å². The van der Waals surface area contributed by atoms with Gasteiger partial charge in [-0.1, -0.05) is 30.0 Å². The van der Waals surface area contributed by atoms with Crippen molar-refractivity contribution in [3.63, 3.8) is 0 Å². The van der Waals surface area contributed by atoms with E-state index >= 15 is 0 Å². The van der Waals surface area contributed by atoms with Gasteiger partial charge in [0.2, 0.25) is 5.91 Å². The molecular formula is C20H17FN2O4S. The molecule has 0 radical (unpaired) electrons.